The van der Waals surface area contributed by atoms with Crippen LogP contribution in [0.5, 0.6) is 0 Å². The highest BCUT2D eigenvalue weighted by atomic mass is 32.1. The van der Waals surface area contributed by atoms with Crippen molar-refractivity contribution in [1.82, 2.24) is 4.90 Å². The van der Waals surface area contributed by atoms with Gasteiger partial charge in [-0.05, 0) is 31.0 Å². The second-order valence-electron chi connectivity index (χ2n) is 4.74. The van der Waals surface area contributed by atoms with Crippen molar-refractivity contribution >= 4 is 17.0 Å². The number of nitrogens with two attached hydrogens (primary N) is 1. The minimum atomic E-state index is -0.533. The van der Waals surface area contributed by atoms with Gasteiger partial charge in [0.25, 0.3) is 0 Å². The topological polar surface area (TPSA) is 49.5 Å². The van der Waals surface area contributed by atoms with Crippen LogP contribution in [0.3, 0.4) is 0 Å². The summed E-state index contributed by atoms with van der Waals surface area (Å²) in [7, 11) is 2.02. The molecule has 0 amide bonds. The number of aliphatic hydroxyl groups excluding tert-OH is 1. The zero-order chi connectivity index (χ0) is 13.7. The first kappa shape index (κ1) is 14.1. The van der Waals surface area contributed by atoms with Crippen LogP contribution in [0.4, 0.5) is 5.69 Å². The van der Waals surface area contributed by atoms with Crippen molar-refractivity contribution in [3.05, 3.63) is 52.2 Å². The van der Waals surface area contributed by atoms with Gasteiger partial charge in [-0.2, -0.15) is 0 Å². The number of hydrogen-bond donors (Lipinski definition) is 2. The molecule has 0 spiro atoms. The Kier molecular flexibility index (Phi) is 4.96. The van der Waals surface area contributed by atoms with E-state index in [0.29, 0.717) is 12.2 Å². The van der Waals surface area contributed by atoms with E-state index < -0.39 is 6.10 Å². The van der Waals surface area contributed by atoms with Crippen LogP contribution >= 0.6 is 11.3 Å². The van der Waals surface area contributed by atoms with Crippen molar-refractivity contribution in [2.75, 3.05) is 25.9 Å². The Morgan fingerprint density at radius 1 is 1.26 bits per heavy atom. The lowest BCUT2D eigenvalue weighted by molar-refractivity contribution is 0.128. The Hall–Kier alpha value is -1.36. The summed E-state index contributed by atoms with van der Waals surface area (Å²) < 4.78 is 0. The predicted molar refractivity (Wildman–Crippen MR) is 81.3 cm³/mol. The quantitative estimate of drug-likeness (QED) is 0.797. The minimum absolute atomic E-state index is 0.533. The summed E-state index contributed by atoms with van der Waals surface area (Å²) in [5, 5.41) is 12.3. The standard InChI is InChI=1S/C15H20N2OS/c1-17(9-8-12-5-4-10-19-12)11-15(18)13-6-2-3-7-14(13)16/h2-7,10,15,18H,8-9,11,16H2,1H3. The number of nitrogen functional groups attached to an aromatic ring is 1. The number of likely N-dealkylation sites (N-methyl/N-ethyl adjacent to an activating group) is 1. The highest BCUT2D eigenvalue weighted by Gasteiger charge is 2.13. The first-order valence-electron chi connectivity index (χ1n) is 6.40. The maximum absolute atomic E-state index is 10.2. The number of benzene rings is 1. The number of anilines is 1. The molecule has 0 fully saturated rings. The van der Waals surface area contributed by atoms with Gasteiger partial charge in [0, 0.05) is 29.2 Å². The van der Waals surface area contributed by atoms with Gasteiger partial charge in [0.05, 0.1) is 6.10 Å². The molecule has 0 bridgehead atoms. The van der Waals surface area contributed by atoms with E-state index in [1.54, 1.807) is 11.3 Å². The second kappa shape index (κ2) is 6.70. The molecule has 0 aliphatic rings. The molecule has 0 aliphatic carbocycles. The normalized spacial score (nSPS) is 12.8. The maximum Gasteiger partial charge on any atom is 0.0936 e. The molecular formula is C15H20N2OS. The molecule has 1 unspecified atom stereocenters. The molecule has 102 valence electrons. The first-order valence-corrected chi connectivity index (χ1v) is 7.28. The van der Waals surface area contributed by atoms with E-state index in [2.05, 4.69) is 22.4 Å². The van der Waals surface area contributed by atoms with Gasteiger partial charge in [-0.3, -0.25) is 0 Å². The molecule has 0 aliphatic heterocycles. The first-order chi connectivity index (χ1) is 9.16. The Morgan fingerprint density at radius 2 is 2.05 bits per heavy atom. The summed E-state index contributed by atoms with van der Waals surface area (Å²) >= 11 is 1.77. The number of rotatable bonds is 6. The van der Waals surface area contributed by atoms with Gasteiger partial charge in [-0.15, -0.1) is 11.3 Å². The highest BCUT2D eigenvalue weighted by Crippen LogP contribution is 2.20. The van der Waals surface area contributed by atoms with Crippen LogP contribution in [0.2, 0.25) is 0 Å². The third kappa shape index (κ3) is 4.06. The van der Waals surface area contributed by atoms with Crippen molar-refractivity contribution in [3.8, 4) is 0 Å². The zero-order valence-corrected chi connectivity index (χ0v) is 11.9. The molecule has 2 aromatic rings. The molecule has 1 aromatic heterocycles. The number of para-hydroxylation sites is 1. The second-order valence-corrected chi connectivity index (χ2v) is 5.77. The van der Waals surface area contributed by atoms with Crippen molar-refractivity contribution in [2.45, 2.75) is 12.5 Å². The van der Waals surface area contributed by atoms with Gasteiger partial charge in [0.1, 0.15) is 0 Å². The van der Waals surface area contributed by atoms with Crippen LogP contribution in [0.15, 0.2) is 41.8 Å². The summed E-state index contributed by atoms with van der Waals surface area (Å²) in [5.74, 6) is 0. The number of nitrogens with zero attached hydrogens (tertiary/aromatic N) is 1. The molecule has 1 heterocycles. The molecule has 3 N–H and O–H groups in total. The van der Waals surface area contributed by atoms with E-state index in [1.165, 1.54) is 4.88 Å². The molecule has 0 saturated carbocycles. The third-order valence-corrected chi connectivity index (χ3v) is 4.10. The predicted octanol–water partition coefficient (Wildman–Crippen LogP) is 2.54. The molecule has 3 nitrogen and oxygen atoms in total. The zero-order valence-electron chi connectivity index (χ0n) is 11.1. The van der Waals surface area contributed by atoms with E-state index in [1.807, 2.05) is 31.3 Å². The smallest absolute Gasteiger partial charge is 0.0936 e. The van der Waals surface area contributed by atoms with Crippen LogP contribution < -0.4 is 5.73 Å². The van der Waals surface area contributed by atoms with Gasteiger partial charge in [-0.25, -0.2) is 0 Å². The lowest BCUT2D eigenvalue weighted by Crippen LogP contribution is -2.27. The fourth-order valence-corrected chi connectivity index (χ4v) is 2.75. The van der Waals surface area contributed by atoms with Crippen LogP contribution in [0, 0.1) is 0 Å². The SMILES string of the molecule is CN(CCc1cccs1)CC(O)c1ccccc1N. The van der Waals surface area contributed by atoms with Gasteiger partial charge in [0.15, 0.2) is 0 Å². The van der Waals surface area contributed by atoms with Gasteiger partial charge in [0.2, 0.25) is 0 Å². The summed E-state index contributed by atoms with van der Waals surface area (Å²) in [6, 6.07) is 11.7. The fraction of sp³-hybridized carbons (Fsp3) is 0.333. The summed E-state index contributed by atoms with van der Waals surface area (Å²) in [6.45, 7) is 1.53. The van der Waals surface area contributed by atoms with E-state index in [4.69, 9.17) is 5.73 Å². The van der Waals surface area contributed by atoms with Gasteiger partial charge >= 0.3 is 0 Å². The molecular weight excluding hydrogens is 256 g/mol. The van der Waals surface area contributed by atoms with Crippen molar-refractivity contribution < 1.29 is 5.11 Å². The monoisotopic (exact) mass is 276 g/mol. The molecule has 0 saturated heterocycles. The number of aliphatic hydroxyl groups is 1. The van der Waals surface area contributed by atoms with Gasteiger partial charge < -0.3 is 15.7 Å². The van der Waals surface area contributed by atoms with Gasteiger partial charge in [-0.1, -0.05) is 24.3 Å². The summed E-state index contributed by atoms with van der Waals surface area (Å²) in [5.41, 5.74) is 7.34. The van der Waals surface area contributed by atoms with Crippen LogP contribution in [-0.4, -0.2) is 30.1 Å². The van der Waals surface area contributed by atoms with E-state index in [0.717, 1.165) is 18.5 Å². The lowest BCUT2D eigenvalue weighted by atomic mass is 10.1. The van der Waals surface area contributed by atoms with Crippen LogP contribution in [0.25, 0.3) is 0 Å². The van der Waals surface area contributed by atoms with E-state index in [-0.39, 0.29) is 0 Å². The maximum atomic E-state index is 10.2. The highest BCUT2D eigenvalue weighted by molar-refractivity contribution is 7.09. The van der Waals surface area contributed by atoms with Crippen molar-refractivity contribution in [2.24, 2.45) is 0 Å². The van der Waals surface area contributed by atoms with Crippen molar-refractivity contribution in [1.29, 1.82) is 0 Å². The average molecular weight is 276 g/mol. The fourth-order valence-electron chi connectivity index (χ4n) is 2.06. The molecule has 0 radical (unpaired) electrons. The third-order valence-electron chi connectivity index (χ3n) is 3.16. The van der Waals surface area contributed by atoms with E-state index >= 15 is 0 Å². The Balaban J connectivity index is 1.85. The summed E-state index contributed by atoms with van der Waals surface area (Å²) in [4.78, 5) is 3.51. The Labute approximate surface area is 118 Å². The summed E-state index contributed by atoms with van der Waals surface area (Å²) in [6.07, 6.45) is 0.486. The Morgan fingerprint density at radius 3 is 2.74 bits per heavy atom. The molecule has 19 heavy (non-hydrogen) atoms. The van der Waals surface area contributed by atoms with Crippen LogP contribution in [0.1, 0.15) is 16.5 Å². The number of hydrogen-bond acceptors (Lipinski definition) is 4. The lowest BCUT2D eigenvalue weighted by Gasteiger charge is -2.21. The number of thiophene rings is 1. The molecule has 4 heteroatoms. The average Bonchev–Trinajstić information content (AvgIpc) is 2.90. The largest absolute Gasteiger partial charge is 0.398 e. The van der Waals surface area contributed by atoms with E-state index in [9.17, 15) is 5.11 Å². The van der Waals surface area contributed by atoms with Crippen molar-refractivity contribution in [3.63, 3.8) is 0 Å². The van der Waals surface area contributed by atoms with Crippen LogP contribution in [-0.2, 0) is 6.42 Å². The molecule has 1 atom stereocenters. The molecule has 1 aromatic carbocycles. The Bertz CT molecular complexity index is 499. The minimum Gasteiger partial charge on any atom is -0.398 e. The molecule has 2 rings (SSSR count).